The summed E-state index contributed by atoms with van der Waals surface area (Å²) in [4.78, 5) is 12.2. The maximum atomic E-state index is 13.1. The van der Waals surface area contributed by atoms with Gasteiger partial charge >= 0.3 is 0 Å². The van der Waals surface area contributed by atoms with Gasteiger partial charge in [-0.1, -0.05) is 17.7 Å². The molecule has 1 amide bonds. The van der Waals surface area contributed by atoms with Crippen LogP contribution in [0.25, 0.3) is 0 Å². The molecule has 0 aromatic heterocycles. The normalized spacial score (nSPS) is 11.5. The number of halogens is 2. The van der Waals surface area contributed by atoms with Crippen LogP contribution < -0.4 is 10.0 Å². The zero-order chi connectivity index (χ0) is 17.9. The molecule has 0 radical (unpaired) electrons. The maximum Gasteiger partial charge on any atom is 0.255 e. The second-order valence-corrected chi connectivity index (χ2v) is 7.51. The minimum Gasteiger partial charge on any atom is -0.322 e. The molecule has 5 nitrogen and oxygen atoms in total. The predicted molar refractivity (Wildman–Crippen MR) is 91.3 cm³/mol. The first kappa shape index (κ1) is 18.4. The van der Waals surface area contributed by atoms with Gasteiger partial charge in [0.05, 0.1) is 9.92 Å². The number of hydrogen-bond donors (Lipinski definition) is 2. The summed E-state index contributed by atoms with van der Waals surface area (Å²) in [6.07, 6.45) is 0. The Kier molecular flexibility index (Phi) is 5.58. The van der Waals surface area contributed by atoms with Crippen molar-refractivity contribution in [3.8, 4) is 0 Å². The van der Waals surface area contributed by atoms with Crippen LogP contribution in [0.2, 0.25) is 5.02 Å². The SMILES string of the molecule is CC(C)NS(=O)(=O)c1cccc(C(=O)Nc2ccc(F)c(Cl)c2)c1. The number of carbonyl (C=O) groups excluding carboxylic acids is 1. The molecule has 8 heteroatoms. The van der Waals surface area contributed by atoms with E-state index in [9.17, 15) is 17.6 Å². The molecule has 0 spiro atoms. The van der Waals surface area contributed by atoms with Crippen molar-refractivity contribution in [2.45, 2.75) is 24.8 Å². The van der Waals surface area contributed by atoms with E-state index in [4.69, 9.17) is 11.6 Å². The van der Waals surface area contributed by atoms with Crippen LogP contribution in [-0.2, 0) is 10.0 Å². The Morgan fingerprint density at radius 2 is 1.88 bits per heavy atom. The largest absolute Gasteiger partial charge is 0.322 e. The summed E-state index contributed by atoms with van der Waals surface area (Å²) >= 11 is 5.66. The third-order valence-corrected chi connectivity index (χ3v) is 4.92. The van der Waals surface area contributed by atoms with E-state index >= 15 is 0 Å². The van der Waals surface area contributed by atoms with Gasteiger partial charge in [0.15, 0.2) is 0 Å². The van der Waals surface area contributed by atoms with Crippen LogP contribution in [0.5, 0.6) is 0 Å². The average molecular weight is 371 g/mol. The lowest BCUT2D eigenvalue weighted by atomic mass is 10.2. The van der Waals surface area contributed by atoms with Gasteiger partial charge in [-0.2, -0.15) is 0 Å². The summed E-state index contributed by atoms with van der Waals surface area (Å²) in [7, 11) is -3.70. The molecule has 128 valence electrons. The van der Waals surface area contributed by atoms with E-state index < -0.39 is 21.7 Å². The second-order valence-electron chi connectivity index (χ2n) is 5.39. The fourth-order valence-corrected chi connectivity index (χ4v) is 3.44. The maximum absolute atomic E-state index is 13.1. The molecule has 0 aliphatic rings. The summed E-state index contributed by atoms with van der Waals surface area (Å²) in [5.74, 6) is -1.12. The Morgan fingerprint density at radius 1 is 1.17 bits per heavy atom. The summed E-state index contributed by atoms with van der Waals surface area (Å²) in [5, 5.41) is 2.42. The molecule has 24 heavy (non-hydrogen) atoms. The number of hydrogen-bond acceptors (Lipinski definition) is 3. The van der Waals surface area contributed by atoms with Crippen molar-refractivity contribution >= 4 is 33.2 Å². The van der Waals surface area contributed by atoms with Crippen LogP contribution in [0.1, 0.15) is 24.2 Å². The van der Waals surface area contributed by atoms with Crippen LogP contribution in [0.15, 0.2) is 47.4 Å². The van der Waals surface area contributed by atoms with Gasteiger partial charge in [0.2, 0.25) is 10.0 Å². The molecule has 2 N–H and O–H groups in total. The van der Waals surface area contributed by atoms with E-state index in [1.54, 1.807) is 13.8 Å². The molecule has 0 saturated carbocycles. The third kappa shape index (κ3) is 4.53. The molecule has 2 rings (SSSR count). The highest BCUT2D eigenvalue weighted by Crippen LogP contribution is 2.20. The quantitative estimate of drug-likeness (QED) is 0.846. The van der Waals surface area contributed by atoms with E-state index in [1.807, 2.05) is 0 Å². The first-order chi connectivity index (χ1) is 11.2. The van der Waals surface area contributed by atoms with Crippen LogP contribution in [0.4, 0.5) is 10.1 Å². The third-order valence-electron chi connectivity index (χ3n) is 2.97. The van der Waals surface area contributed by atoms with Crippen molar-refractivity contribution in [1.82, 2.24) is 4.72 Å². The Balaban J connectivity index is 2.24. The molecule has 2 aromatic carbocycles. The van der Waals surface area contributed by atoms with Crippen LogP contribution in [0, 0.1) is 5.82 Å². The number of benzene rings is 2. The summed E-state index contributed by atoms with van der Waals surface area (Å²) < 4.78 is 39.9. The summed E-state index contributed by atoms with van der Waals surface area (Å²) in [5.41, 5.74) is 0.460. The fraction of sp³-hybridized carbons (Fsp3) is 0.188. The van der Waals surface area contributed by atoms with E-state index in [1.165, 1.54) is 36.4 Å². The van der Waals surface area contributed by atoms with E-state index in [-0.39, 0.29) is 21.5 Å². The molecule has 0 saturated heterocycles. The lowest BCUT2D eigenvalue weighted by Gasteiger charge is -2.11. The smallest absolute Gasteiger partial charge is 0.255 e. The van der Waals surface area contributed by atoms with E-state index in [2.05, 4.69) is 10.0 Å². The first-order valence-electron chi connectivity index (χ1n) is 7.08. The predicted octanol–water partition coefficient (Wildman–Crippen LogP) is 3.42. The number of anilines is 1. The van der Waals surface area contributed by atoms with Crippen LogP contribution in [-0.4, -0.2) is 20.4 Å². The molecule has 2 aromatic rings. The lowest BCUT2D eigenvalue weighted by Crippen LogP contribution is -2.30. The van der Waals surface area contributed by atoms with Gasteiger partial charge in [0.1, 0.15) is 5.82 Å². The zero-order valence-corrected chi connectivity index (χ0v) is 14.6. The number of nitrogens with one attached hydrogen (secondary N) is 2. The molecule has 0 bridgehead atoms. The van der Waals surface area contributed by atoms with Gasteiger partial charge in [0, 0.05) is 17.3 Å². The van der Waals surface area contributed by atoms with Crippen molar-refractivity contribution < 1.29 is 17.6 Å². The molecule has 0 fully saturated rings. The molecular formula is C16H16ClFN2O3S. The van der Waals surface area contributed by atoms with Crippen molar-refractivity contribution in [2.24, 2.45) is 0 Å². The highest BCUT2D eigenvalue weighted by molar-refractivity contribution is 7.89. The van der Waals surface area contributed by atoms with Gasteiger partial charge < -0.3 is 5.32 Å². The molecule has 0 unspecified atom stereocenters. The monoisotopic (exact) mass is 370 g/mol. The van der Waals surface area contributed by atoms with E-state index in [0.717, 1.165) is 6.07 Å². The molecule has 0 heterocycles. The Hall–Kier alpha value is -1.96. The summed E-state index contributed by atoms with van der Waals surface area (Å²) in [6, 6.07) is 9.12. The standard InChI is InChI=1S/C16H16ClFN2O3S/c1-10(2)20-24(22,23)13-5-3-4-11(8-13)16(21)19-12-6-7-15(18)14(17)9-12/h3-10,20H,1-2H3,(H,19,21). The van der Waals surface area contributed by atoms with Crippen LogP contribution in [0.3, 0.4) is 0 Å². The minimum atomic E-state index is -3.70. The highest BCUT2D eigenvalue weighted by Gasteiger charge is 2.17. The topological polar surface area (TPSA) is 75.3 Å². The Morgan fingerprint density at radius 3 is 2.50 bits per heavy atom. The first-order valence-corrected chi connectivity index (χ1v) is 8.94. The molecule has 0 aliphatic carbocycles. The summed E-state index contributed by atoms with van der Waals surface area (Å²) in [6.45, 7) is 3.40. The highest BCUT2D eigenvalue weighted by atomic mass is 35.5. The van der Waals surface area contributed by atoms with Crippen molar-refractivity contribution in [3.05, 3.63) is 58.9 Å². The van der Waals surface area contributed by atoms with Crippen molar-refractivity contribution in [2.75, 3.05) is 5.32 Å². The Bertz CT molecular complexity index is 869. The van der Waals surface area contributed by atoms with Gasteiger partial charge in [-0.05, 0) is 50.2 Å². The molecule has 0 atom stereocenters. The van der Waals surface area contributed by atoms with E-state index in [0.29, 0.717) is 5.69 Å². The Labute approximate surface area is 144 Å². The van der Waals surface area contributed by atoms with Gasteiger partial charge in [-0.3, -0.25) is 4.79 Å². The number of rotatable bonds is 5. The molecular weight excluding hydrogens is 355 g/mol. The van der Waals surface area contributed by atoms with Gasteiger partial charge in [-0.15, -0.1) is 0 Å². The number of sulfonamides is 1. The van der Waals surface area contributed by atoms with Crippen molar-refractivity contribution in [1.29, 1.82) is 0 Å². The van der Waals surface area contributed by atoms with Gasteiger partial charge in [-0.25, -0.2) is 17.5 Å². The zero-order valence-electron chi connectivity index (χ0n) is 13.0. The average Bonchev–Trinajstić information content (AvgIpc) is 2.50. The fourth-order valence-electron chi connectivity index (χ4n) is 1.96. The van der Waals surface area contributed by atoms with Crippen molar-refractivity contribution in [3.63, 3.8) is 0 Å². The van der Waals surface area contributed by atoms with Crippen LogP contribution >= 0.6 is 11.6 Å². The number of amides is 1. The number of carbonyl (C=O) groups is 1. The second kappa shape index (κ2) is 7.29. The lowest BCUT2D eigenvalue weighted by molar-refractivity contribution is 0.102. The van der Waals surface area contributed by atoms with Gasteiger partial charge in [0.25, 0.3) is 5.91 Å². The minimum absolute atomic E-state index is 0.0130. The molecule has 0 aliphatic heterocycles.